The lowest BCUT2D eigenvalue weighted by Crippen LogP contribution is -2.43. The van der Waals surface area contributed by atoms with Crippen LogP contribution in [0.5, 0.6) is 0 Å². The first kappa shape index (κ1) is 16.5. The Morgan fingerprint density at radius 3 is 3.12 bits per heavy atom. The van der Waals surface area contributed by atoms with E-state index >= 15 is 0 Å². The third-order valence-corrected chi connectivity index (χ3v) is 4.10. The Morgan fingerprint density at radius 2 is 2.33 bits per heavy atom. The van der Waals surface area contributed by atoms with Crippen LogP contribution in [0.25, 0.3) is 10.9 Å². The zero-order chi connectivity index (χ0) is 17.1. The van der Waals surface area contributed by atoms with Crippen molar-refractivity contribution in [1.29, 1.82) is 0 Å². The Bertz CT molecular complexity index is 769. The van der Waals surface area contributed by atoms with Crippen LogP contribution < -0.4 is 5.32 Å². The molecule has 2 amide bonds. The number of carbonyl (C=O) groups is 1. The van der Waals surface area contributed by atoms with Crippen molar-refractivity contribution in [2.75, 3.05) is 26.3 Å². The van der Waals surface area contributed by atoms with Crippen molar-refractivity contribution in [2.24, 2.45) is 0 Å². The number of urea groups is 1. The first-order valence-corrected chi connectivity index (χ1v) is 8.08. The SMILES string of the molecule is C=C(C)COCCNC(=O)N1CCc2[nH]c3ccc(F)cc3c2C1. The summed E-state index contributed by atoms with van der Waals surface area (Å²) in [6.07, 6.45) is 0.741. The molecule has 0 atom stereocenters. The average Bonchev–Trinajstić information content (AvgIpc) is 2.91. The maximum Gasteiger partial charge on any atom is 0.317 e. The molecule has 2 heterocycles. The molecule has 0 spiro atoms. The van der Waals surface area contributed by atoms with Crippen LogP contribution in [0.2, 0.25) is 0 Å². The van der Waals surface area contributed by atoms with Gasteiger partial charge in [-0.05, 0) is 25.1 Å². The standard InChI is InChI=1S/C18H22FN3O2/c1-12(2)11-24-8-6-20-18(23)22-7-5-17-15(10-22)14-9-13(19)3-4-16(14)21-17/h3-4,9,21H,1,5-8,10-11H2,2H3,(H,20,23). The van der Waals surface area contributed by atoms with E-state index in [0.717, 1.165) is 34.2 Å². The second-order valence-corrected chi connectivity index (χ2v) is 6.19. The third-order valence-electron chi connectivity index (χ3n) is 4.10. The maximum atomic E-state index is 13.5. The van der Waals surface area contributed by atoms with Crippen molar-refractivity contribution in [1.82, 2.24) is 15.2 Å². The van der Waals surface area contributed by atoms with Gasteiger partial charge in [-0.2, -0.15) is 0 Å². The number of carbonyl (C=O) groups excluding carboxylic acids is 1. The molecule has 128 valence electrons. The molecule has 2 aromatic rings. The average molecular weight is 331 g/mol. The Balaban J connectivity index is 1.60. The third kappa shape index (κ3) is 3.59. The van der Waals surface area contributed by atoms with Crippen LogP contribution >= 0.6 is 0 Å². The van der Waals surface area contributed by atoms with Gasteiger partial charge in [0.2, 0.25) is 0 Å². The zero-order valence-electron chi connectivity index (χ0n) is 13.8. The van der Waals surface area contributed by atoms with Crippen LogP contribution in [-0.4, -0.2) is 42.2 Å². The second kappa shape index (κ2) is 7.05. The number of H-pyrrole nitrogens is 1. The van der Waals surface area contributed by atoms with Crippen molar-refractivity contribution in [2.45, 2.75) is 19.9 Å². The van der Waals surface area contributed by atoms with E-state index in [4.69, 9.17) is 4.74 Å². The van der Waals surface area contributed by atoms with Gasteiger partial charge in [-0.25, -0.2) is 9.18 Å². The Labute approximate surface area is 140 Å². The predicted molar refractivity (Wildman–Crippen MR) is 91.4 cm³/mol. The van der Waals surface area contributed by atoms with Crippen molar-refractivity contribution in [3.63, 3.8) is 0 Å². The number of rotatable bonds is 5. The lowest BCUT2D eigenvalue weighted by molar-refractivity contribution is 0.151. The summed E-state index contributed by atoms with van der Waals surface area (Å²) >= 11 is 0. The van der Waals surface area contributed by atoms with Gasteiger partial charge in [0.05, 0.1) is 13.2 Å². The van der Waals surface area contributed by atoms with Gasteiger partial charge in [-0.15, -0.1) is 0 Å². The molecule has 1 aromatic carbocycles. The fourth-order valence-electron chi connectivity index (χ4n) is 2.95. The number of aromatic nitrogens is 1. The highest BCUT2D eigenvalue weighted by Crippen LogP contribution is 2.28. The molecule has 0 aliphatic carbocycles. The van der Waals surface area contributed by atoms with E-state index in [1.807, 2.05) is 6.92 Å². The molecule has 1 aromatic heterocycles. The van der Waals surface area contributed by atoms with E-state index in [9.17, 15) is 9.18 Å². The Kier molecular flexibility index (Phi) is 4.85. The smallest absolute Gasteiger partial charge is 0.317 e. The van der Waals surface area contributed by atoms with Crippen molar-refractivity contribution < 1.29 is 13.9 Å². The molecule has 1 aliphatic heterocycles. The molecule has 1 aliphatic rings. The molecule has 2 N–H and O–H groups in total. The number of nitrogens with zero attached hydrogens (tertiary/aromatic N) is 1. The fourth-order valence-corrected chi connectivity index (χ4v) is 2.95. The molecule has 0 saturated heterocycles. The lowest BCUT2D eigenvalue weighted by atomic mass is 10.0. The predicted octanol–water partition coefficient (Wildman–Crippen LogP) is 2.97. The first-order chi connectivity index (χ1) is 11.5. The summed E-state index contributed by atoms with van der Waals surface area (Å²) < 4.78 is 18.9. The summed E-state index contributed by atoms with van der Waals surface area (Å²) in [6, 6.07) is 4.59. The Hall–Kier alpha value is -2.34. The number of ether oxygens (including phenoxy) is 1. The normalized spacial score (nSPS) is 13.8. The summed E-state index contributed by atoms with van der Waals surface area (Å²) in [5.74, 6) is -0.263. The largest absolute Gasteiger partial charge is 0.375 e. The quantitative estimate of drug-likeness (QED) is 0.654. The number of hydrogen-bond donors (Lipinski definition) is 2. The van der Waals surface area contributed by atoms with Crippen LogP contribution in [0, 0.1) is 5.82 Å². The van der Waals surface area contributed by atoms with Gasteiger partial charge in [0.15, 0.2) is 0 Å². The number of halogens is 1. The molecule has 0 fully saturated rings. The monoisotopic (exact) mass is 331 g/mol. The fraction of sp³-hybridized carbons (Fsp3) is 0.389. The van der Waals surface area contributed by atoms with Crippen molar-refractivity contribution >= 4 is 16.9 Å². The minimum atomic E-state index is -0.263. The highest BCUT2D eigenvalue weighted by molar-refractivity contribution is 5.86. The van der Waals surface area contributed by atoms with E-state index in [0.29, 0.717) is 32.8 Å². The molecule has 3 rings (SSSR count). The van der Waals surface area contributed by atoms with Crippen LogP contribution in [0.4, 0.5) is 9.18 Å². The minimum Gasteiger partial charge on any atom is -0.375 e. The van der Waals surface area contributed by atoms with Crippen molar-refractivity contribution in [3.8, 4) is 0 Å². The summed E-state index contributed by atoms with van der Waals surface area (Å²) in [6.45, 7) is 8.19. The van der Waals surface area contributed by atoms with E-state index in [1.54, 1.807) is 11.0 Å². The molecule has 24 heavy (non-hydrogen) atoms. The molecule has 0 radical (unpaired) electrons. The van der Waals surface area contributed by atoms with Crippen molar-refractivity contribution in [3.05, 3.63) is 47.4 Å². The second-order valence-electron chi connectivity index (χ2n) is 6.19. The van der Waals surface area contributed by atoms with E-state index in [2.05, 4.69) is 16.9 Å². The summed E-state index contributed by atoms with van der Waals surface area (Å²) in [5.41, 5.74) is 3.96. The number of hydrogen-bond acceptors (Lipinski definition) is 2. The number of nitrogens with one attached hydrogen (secondary N) is 2. The topological polar surface area (TPSA) is 57.4 Å². The highest BCUT2D eigenvalue weighted by atomic mass is 19.1. The van der Waals surface area contributed by atoms with Gasteiger partial charge in [0.1, 0.15) is 5.82 Å². The zero-order valence-corrected chi connectivity index (χ0v) is 13.8. The van der Waals surface area contributed by atoms with Crippen LogP contribution in [0.3, 0.4) is 0 Å². The highest BCUT2D eigenvalue weighted by Gasteiger charge is 2.23. The maximum absolute atomic E-state index is 13.5. The van der Waals surface area contributed by atoms with Crippen LogP contribution in [0.1, 0.15) is 18.2 Å². The van der Waals surface area contributed by atoms with Crippen LogP contribution in [0.15, 0.2) is 30.4 Å². The molecule has 5 nitrogen and oxygen atoms in total. The number of amides is 2. The molecular weight excluding hydrogens is 309 g/mol. The van der Waals surface area contributed by atoms with Gasteiger partial charge in [0.25, 0.3) is 0 Å². The van der Waals surface area contributed by atoms with E-state index < -0.39 is 0 Å². The molecular formula is C18H22FN3O2. The van der Waals surface area contributed by atoms with Gasteiger partial charge in [-0.3, -0.25) is 0 Å². The molecule has 0 saturated carbocycles. The summed E-state index contributed by atoms with van der Waals surface area (Å²) in [4.78, 5) is 17.4. The minimum absolute atomic E-state index is 0.120. The summed E-state index contributed by atoms with van der Waals surface area (Å²) in [7, 11) is 0. The van der Waals surface area contributed by atoms with E-state index in [-0.39, 0.29) is 11.8 Å². The van der Waals surface area contributed by atoms with Gasteiger partial charge < -0.3 is 19.9 Å². The Morgan fingerprint density at radius 1 is 1.50 bits per heavy atom. The number of aromatic amines is 1. The van der Waals surface area contributed by atoms with Gasteiger partial charge in [-0.1, -0.05) is 12.2 Å². The summed E-state index contributed by atoms with van der Waals surface area (Å²) in [5, 5.41) is 3.71. The molecule has 0 unspecified atom stereocenters. The van der Waals surface area contributed by atoms with Gasteiger partial charge in [0, 0.05) is 48.2 Å². The molecule has 0 bridgehead atoms. The number of benzene rings is 1. The number of fused-ring (bicyclic) bond motifs is 3. The van der Waals surface area contributed by atoms with E-state index in [1.165, 1.54) is 12.1 Å². The lowest BCUT2D eigenvalue weighted by Gasteiger charge is -2.27. The van der Waals surface area contributed by atoms with Gasteiger partial charge >= 0.3 is 6.03 Å². The first-order valence-electron chi connectivity index (χ1n) is 8.08. The molecule has 6 heteroatoms. The van der Waals surface area contributed by atoms with Crippen LogP contribution in [-0.2, 0) is 17.7 Å².